The lowest BCUT2D eigenvalue weighted by molar-refractivity contribution is 0.0911. The van der Waals surface area contributed by atoms with Gasteiger partial charge in [0.1, 0.15) is 0 Å². The lowest BCUT2D eigenvalue weighted by atomic mass is 9.76. The van der Waals surface area contributed by atoms with Crippen molar-refractivity contribution in [3.8, 4) is 0 Å². The maximum Gasteiger partial charge on any atom is 0.0498 e. The van der Waals surface area contributed by atoms with Crippen molar-refractivity contribution in [2.45, 2.75) is 59.4 Å². The Bertz CT molecular complexity index is 315. The van der Waals surface area contributed by atoms with Gasteiger partial charge in [0.15, 0.2) is 0 Å². The quantitative estimate of drug-likeness (QED) is 0.745. The van der Waals surface area contributed by atoms with Crippen LogP contribution in [0.15, 0.2) is 0 Å². The molecule has 2 aliphatic rings. The summed E-state index contributed by atoms with van der Waals surface area (Å²) in [5.74, 6) is 3.19. The minimum atomic E-state index is 0.328. The van der Waals surface area contributed by atoms with Crippen LogP contribution in [-0.4, -0.2) is 49.0 Å². The summed E-state index contributed by atoms with van der Waals surface area (Å²) < 4.78 is 5.55. The van der Waals surface area contributed by atoms with Crippen LogP contribution in [0.2, 0.25) is 0 Å². The molecule has 5 atom stereocenters. The Labute approximate surface area is 137 Å². The van der Waals surface area contributed by atoms with E-state index in [0.29, 0.717) is 24.4 Å². The molecule has 130 valence electrons. The first-order valence-electron chi connectivity index (χ1n) is 9.49. The molecule has 22 heavy (non-hydrogen) atoms. The van der Waals surface area contributed by atoms with Gasteiger partial charge in [-0.1, -0.05) is 27.7 Å². The van der Waals surface area contributed by atoms with E-state index in [1.165, 1.54) is 32.4 Å². The summed E-state index contributed by atoms with van der Waals surface area (Å²) in [6.07, 6.45) is 5.07. The molecule has 2 aliphatic heterocycles. The lowest BCUT2D eigenvalue weighted by Crippen LogP contribution is -2.35. The molecule has 1 N–H and O–H groups in total. The van der Waals surface area contributed by atoms with Crippen molar-refractivity contribution in [3.05, 3.63) is 0 Å². The fourth-order valence-electron chi connectivity index (χ4n) is 4.82. The number of likely N-dealkylation sites (tertiary alicyclic amines) is 1. The van der Waals surface area contributed by atoms with E-state index in [1.54, 1.807) is 0 Å². The molecule has 5 unspecified atom stereocenters. The highest BCUT2D eigenvalue weighted by molar-refractivity contribution is 4.89. The molecule has 2 saturated heterocycles. The van der Waals surface area contributed by atoms with Crippen LogP contribution in [0, 0.1) is 29.6 Å². The lowest BCUT2D eigenvalue weighted by Gasteiger charge is -2.33. The SMILES string of the molecule is CCN1CCC(CC(C)C(CO)C2CCOC2)C1CC(C)C. The summed E-state index contributed by atoms with van der Waals surface area (Å²) in [6.45, 7) is 13.9. The number of nitrogens with zero attached hydrogens (tertiary/aromatic N) is 1. The summed E-state index contributed by atoms with van der Waals surface area (Å²) in [6, 6.07) is 0.756. The van der Waals surface area contributed by atoms with Gasteiger partial charge in [-0.25, -0.2) is 0 Å². The van der Waals surface area contributed by atoms with Crippen molar-refractivity contribution in [1.82, 2.24) is 4.90 Å². The Hall–Kier alpha value is -0.120. The van der Waals surface area contributed by atoms with Crippen molar-refractivity contribution in [2.24, 2.45) is 29.6 Å². The second-order valence-corrected chi connectivity index (χ2v) is 8.06. The standard InChI is InChI=1S/C19H37NO2/c1-5-20-8-6-16(19(20)10-14(2)3)11-15(4)18(12-21)17-7-9-22-13-17/h14-19,21H,5-13H2,1-4H3. The summed E-state index contributed by atoms with van der Waals surface area (Å²) >= 11 is 0. The van der Waals surface area contributed by atoms with Crippen LogP contribution in [0.4, 0.5) is 0 Å². The second-order valence-electron chi connectivity index (χ2n) is 8.06. The zero-order chi connectivity index (χ0) is 16.1. The van der Waals surface area contributed by atoms with Gasteiger partial charge in [0.25, 0.3) is 0 Å². The molecule has 2 rings (SSSR count). The molecule has 0 aromatic rings. The van der Waals surface area contributed by atoms with Gasteiger partial charge in [0, 0.05) is 25.9 Å². The number of hydrogen-bond acceptors (Lipinski definition) is 3. The Morgan fingerprint density at radius 1 is 1.18 bits per heavy atom. The maximum absolute atomic E-state index is 9.87. The maximum atomic E-state index is 9.87. The highest BCUT2D eigenvalue weighted by Crippen LogP contribution is 2.37. The van der Waals surface area contributed by atoms with Crippen molar-refractivity contribution in [2.75, 3.05) is 32.9 Å². The topological polar surface area (TPSA) is 32.7 Å². The number of rotatable bonds is 8. The Morgan fingerprint density at radius 2 is 1.95 bits per heavy atom. The molecule has 0 radical (unpaired) electrons. The van der Waals surface area contributed by atoms with Gasteiger partial charge in [-0.05, 0) is 68.4 Å². The van der Waals surface area contributed by atoms with Crippen LogP contribution >= 0.6 is 0 Å². The zero-order valence-corrected chi connectivity index (χ0v) is 15.1. The van der Waals surface area contributed by atoms with E-state index in [2.05, 4.69) is 32.6 Å². The Morgan fingerprint density at radius 3 is 2.50 bits per heavy atom. The zero-order valence-electron chi connectivity index (χ0n) is 15.1. The highest BCUT2D eigenvalue weighted by Gasteiger charge is 2.37. The van der Waals surface area contributed by atoms with E-state index >= 15 is 0 Å². The molecule has 0 spiro atoms. The smallest absolute Gasteiger partial charge is 0.0498 e. The average Bonchev–Trinajstić information content (AvgIpc) is 3.10. The molecule has 2 heterocycles. The van der Waals surface area contributed by atoms with Gasteiger partial charge in [0.05, 0.1) is 0 Å². The Balaban J connectivity index is 1.94. The van der Waals surface area contributed by atoms with Crippen LogP contribution in [0.5, 0.6) is 0 Å². The monoisotopic (exact) mass is 311 g/mol. The molecule has 3 nitrogen and oxygen atoms in total. The number of aliphatic hydroxyl groups excluding tert-OH is 1. The van der Waals surface area contributed by atoms with Crippen molar-refractivity contribution >= 4 is 0 Å². The highest BCUT2D eigenvalue weighted by atomic mass is 16.5. The predicted octanol–water partition coefficient (Wildman–Crippen LogP) is 3.41. The molecule has 0 aliphatic carbocycles. The first-order valence-corrected chi connectivity index (χ1v) is 9.49. The molecule has 0 bridgehead atoms. The van der Waals surface area contributed by atoms with Gasteiger partial charge < -0.3 is 14.7 Å². The predicted molar refractivity (Wildman–Crippen MR) is 91.9 cm³/mol. The molecular weight excluding hydrogens is 274 g/mol. The van der Waals surface area contributed by atoms with Crippen LogP contribution < -0.4 is 0 Å². The summed E-state index contributed by atoms with van der Waals surface area (Å²) in [7, 11) is 0. The van der Waals surface area contributed by atoms with Crippen LogP contribution in [0.1, 0.15) is 53.4 Å². The van der Waals surface area contributed by atoms with Crippen molar-refractivity contribution in [3.63, 3.8) is 0 Å². The second kappa shape index (κ2) is 8.65. The normalized spacial score (nSPS) is 32.7. The molecule has 0 amide bonds. The minimum absolute atomic E-state index is 0.328. The molecule has 3 heteroatoms. The molecule has 0 aromatic carbocycles. The summed E-state index contributed by atoms with van der Waals surface area (Å²) in [4.78, 5) is 2.68. The molecule has 0 aromatic heterocycles. The summed E-state index contributed by atoms with van der Waals surface area (Å²) in [5.41, 5.74) is 0. The van der Waals surface area contributed by atoms with Gasteiger partial charge in [-0.2, -0.15) is 0 Å². The molecule has 0 saturated carbocycles. The molecular formula is C19H37NO2. The van der Waals surface area contributed by atoms with Gasteiger partial charge >= 0.3 is 0 Å². The Kier molecular flexibility index (Phi) is 7.17. The van der Waals surface area contributed by atoms with Crippen molar-refractivity contribution < 1.29 is 9.84 Å². The van der Waals surface area contributed by atoms with E-state index in [-0.39, 0.29) is 0 Å². The first-order chi connectivity index (χ1) is 10.6. The third kappa shape index (κ3) is 4.46. The van der Waals surface area contributed by atoms with Gasteiger partial charge in [-0.3, -0.25) is 0 Å². The minimum Gasteiger partial charge on any atom is -0.396 e. The van der Waals surface area contributed by atoms with E-state index in [4.69, 9.17) is 4.74 Å². The number of aliphatic hydroxyl groups is 1. The van der Waals surface area contributed by atoms with Crippen LogP contribution in [0.3, 0.4) is 0 Å². The van der Waals surface area contributed by atoms with Crippen LogP contribution in [0.25, 0.3) is 0 Å². The molecule has 2 fully saturated rings. The van der Waals surface area contributed by atoms with Gasteiger partial charge in [0.2, 0.25) is 0 Å². The third-order valence-corrected chi connectivity index (χ3v) is 6.11. The van der Waals surface area contributed by atoms with Gasteiger partial charge in [-0.15, -0.1) is 0 Å². The van der Waals surface area contributed by atoms with E-state index < -0.39 is 0 Å². The third-order valence-electron chi connectivity index (χ3n) is 6.11. The average molecular weight is 312 g/mol. The van der Waals surface area contributed by atoms with E-state index in [9.17, 15) is 5.11 Å². The van der Waals surface area contributed by atoms with E-state index in [1.807, 2.05) is 0 Å². The largest absolute Gasteiger partial charge is 0.396 e. The van der Waals surface area contributed by atoms with Crippen molar-refractivity contribution in [1.29, 1.82) is 0 Å². The first kappa shape index (κ1) is 18.2. The number of ether oxygens (including phenoxy) is 1. The fraction of sp³-hybridized carbons (Fsp3) is 1.00. The fourth-order valence-corrected chi connectivity index (χ4v) is 4.82. The van der Waals surface area contributed by atoms with Crippen LogP contribution in [-0.2, 0) is 4.74 Å². The van der Waals surface area contributed by atoms with E-state index in [0.717, 1.165) is 37.5 Å². The number of hydrogen-bond donors (Lipinski definition) is 1. The summed E-state index contributed by atoms with van der Waals surface area (Å²) in [5, 5.41) is 9.87.